The lowest BCUT2D eigenvalue weighted by Crippen LogP contribution is -2.49. The Kier molecular flexibility index (Phi) is 5.26. The number of hydrogen-bond donors (Lipinski definition) is 2. The van der Waals surface area contributed by atoms with Gasteiger partial charge in [0, 0.05) is 17.6 Å². The van der Waals surface area contributed by atoms with Gasteiger partial charge in [0.2, 0.25) is 0 Å². The standard InChI is InChI=1S/C15H21ClN2O2/c1-10-8-13(5-6-14(10)16)20-11(2)15(19)18-12-4-3-7-17-9-12/h5-6,8,11-12,17H,3-4,7,9H2,1-2H3,(H,18,19). The van der Waals surface area contributed by atoms with Crippen LogP contribution in [0.5, 0.6) is 5.75 Å². The molecule has 1 saturated heterocycles. The molecule has 4 nitrogen and oxygen atoms in total. The van der Waals surface area contributed by atoms with E-state index in [1.54, 1.807) is 19.1 Å². The molecular formula is C15H21ClN2O2. The van der Waals surface area contributed by atoms with Gasteiger partial charge in [0.05, 0.1) is 0 Å². The third-order valence-corrected chi connectivity index (χ3v) is 3.88. The third-order valence-electron chi connectivity index (χ3n) is 3.45. The molecule has 1 fully saturated rings. The van der Waals surface area contributed by atoms with Crippen LogP contribution < -0.4 is 15.4 Å². The number of aryl methyl sites for hydroxylation is 1. The molecule has 1 aliphatic rings. The fourth-order valence-corrected chi connectivity index (χ4v) is 2.36. The van der Waals surface area contributed by atoms with Gasteiger partial charge in [0.25, 0.3) is 5.91 Å². The molecule has 0 aliphatic carbocycles. The maximum atomic E-state index is 12.1. The zero-order chi connectivity index (χ0) is 14.5. The van der Waals surface area contributed by atoms with Gasteiger partial charge in [-0.15, -0.1) is 0 Å². The zero-order valence-electron chi connectivity index (χ0n) is 11.9. The van der Waals surface area contributed by atoms with Crippen LogP contribution in [0.15, 0.2) is 18.2 Å². The van der Waals surface area contributed by atoms with E-state index in [2.05, 4.69) is 10.6 Å². The Bertz CT molecular complexity index is 473. The van der Waals surface area contributed by atoms with E-state index in [1.165, 1.54) is 0 Å². The molecule has 1 amide bonds. The van der Waals surface area contributed by atoms with Crippen molar-refractivity contribution in [2.75, 3.05) is 13.1 Å². The second-order valence-electron chi connectivity index (χ2n) is 5.22. The first-order chi connectivity index (χ1) is 9.56. The molecule has 0 saturated carbocycles. The number of piperidine rings is 1. The molecule has 5 heteroatoms. The van der Waals surface area contributed by atoms with Gasteiger partial charge in [-0.1, -0.05) is 11.6 Å². The number of benzene rings is 1. The first-order valence-electron chi connectivity index (χ1n) is 7.00. The fraction of sp³-hybridized carbons (Fsp3) is 0.533. The second kappa shape index (κ2) is 6.95. The van der Waals surface area contributed by atoms with Gasteiger partial charge >= 0.3 is 0 Å². The van der Waals surface area contributed by atoms with Crippen molar-refractivity contribution < 1.29 is 9.53 Å². The van der Waals surface area contributed by atoms with Crippen LogP contribution in [-0.2, 0) is 4.79 Å². The van der Waals surface area contributed by atoms with Gasteiger partial charge in [-0.05, 0) is 57.0 Å². The van der Waals surface area contributed by atoms with Crippen LogP contribution in [0.1, 0.15) is 25.3 Å². The van der Waals surface area contributed by atoms with Crippen molar-refractivity contribution in [2.45, 2.75) is 38.8 Å². The molecule has 20 heavy (non-hydrogen) atoms. The minimum Gasteiger partial charge on any atom is -0.481 e. The van der Waals surface area contributed by atoms with E-state index in [4.69, 9.17) is 16.3 Å². The predicted octanol–water partition coefficient (Wildman–Crippen LogP) is 2.28. The molecule has 2 N–H and O–H groups in total. The van der Waals surface area contributed by atoms with Crippen LogP contribution in [0.4, 0.5) is 0 Å². The number of halogens is 1. The van der Waals surface area contributed by atoms with Crippen molar-refractivity contribution in [3.63, 3.8) is 0 Å². The van der Waals surface area contributed by atoms with E-state index >= 15 is 0 Å². The number of hydrogen-bond acceptors (Lipinski definition) is 3. The molecule has 0 bridgehead atoms. The highest BCUT2D eigenvalue weighted by molar-refractivity contribution is 6.31. The first kappa shape index (κ1) is 15.1. The molecule has 0 radical (unpaired) electrons. The maximum absolute atomic E-state index is 12.1. The molecule has 1 aliphatic heterocycles. The summed E-state index contributed by atoms with van der Waals surface area (Å²) >= 11 is 5.97. The van der Waals surface area contributed by atoms with Crippen LogP contribution in [0, 0.1) is 6.92 Å². The topological polar surface area (TPSA) is 50.4 Å². The molecule has 1 heterocycles. The molecule has 2 unspecified atom stereocenters. The van der Waals surface area contributed by atoms with E-state index in [1.807, 2.05) is 13.0 Å². The number of rotatable bonds is 4. The number of nitrogens with one attached hydrogen (secondary N) is 2. The molecule has 2 atom stereocenters. The molecule has 0 spiro atoms. The lowest BCUT2D eigenvalue weighted by atomic mass is 10.1. The highest BCUT2D eigenvalue weighted by Gasteiger charge is 2.20. The average molecular weight is 297 g/mol. The molecular weight excluding hydrogens is 276 g/mol. The van der Waals surface area contributed by atoms with Crippen molar-refractivity contribution in [3.8, 4) is 5.75 Å². The fourth-order valence-electron chi connectivity index (χ4n) is 2.24. The molecule has 110 valence electrons. The molecule has 2 rings (SSSR count). The lowest BCUT2D eigenvalue weighted by molar-refractivity contribution is -0.128. The van der Waals surface area contributed by atoms with Crippen LogP contribution in [0.2, 0.25) is 5.02 Å². The highest BCUT2D eigenvalue weighted by Crippen LogP contribution is 2.21. The van der Waals surface area contributed by atoms with Crippen LogP contribution in [-0.4, -0.2) is 31.1 Å². The summed E-state index contributed by atoms with van der Waals surface area (Å²) in [5, 5.41) is 6.98. The summed E-state index contributed by atoms with van der Waals surface area (Å²) in [4.78, 5) is 12.1. The normalized spacial score (nSPS) is 20.2. The largest absolute Gasteiger partial charge is 0.481 e. The Hall–Kier alpha value is -1.26. The summed E-state index contributed by atoms with van der Waals surface area (Å²) in [5.41, 5.74) is 0.938. The Morgan fingerprint density at radius 1 is 1.55 bits per heavy atom. The number of carbonyl (C=O) groups is 1. The summed E-state index contributed by atoms with van der Waals surface area (Å²) < 4.78 is 5.66. The summed E-state index contributed by atoms with van der Waals surface area (Å²) in [6, 6.07) is 5.60. The lowest BCUT2D eigenvalue weighted by Gasteiger charge is -2.25. The van der Waals surface area contributed by atoms with E-state index in [9.17, 15) is 4.79 Å². The smallest absolute Gasteiger partial charge is 0.261 e. The number of amides is 1. The van der Waals surface area contributed by atoms with Gasteiger partial charge < -0.3 is 15.4 Å². The maximum Gasteiger partial charge on any atom is 0.261 e. The summed E-state index contributed by atoms with van der Waals surface area (Å²) in [6.07, 6.45) is 1.60. The van der Waals surface area contributed by atoms with Gasteiger partial charge in [0.1, 0.15) is 5.75 Å². The molecule has 1 aromatic rings. The van der Waals surface area contributed by atoms with Crippen molar-refractivity contribution in [1.29, 1.82) is 0 Å². The summed E-state index contributed by atoms with van der Waals surface area (Å²) in [5.74, 6) is 0.586. The van der Waals surface area contributed by atoms with E-state index < -0.39 is 6.10 Å². The number of carbonyl (C=O) groups excluding carboxylic acids is 1. The van der Waals surface area contributed by atoms with E-state index in [-0.39, 0.29) is 11.9 Å². The monoisotopic (exact) mass is 296 g/mol. The summed E-state index contributed by atoms with van der Waals surface area (Å²) in [6.45, 7) is 5.53. The number of ether oxygens (including phenoxy) is 1. The summed E-state index contributed by atoms with van der Waals surface area (Å²) in [7, 11) is 0. The van der Waals surface area contributed by atoms with E-state index in [0.29, 0.717) is 10.8 Å². The quantitative estimate of drug-likeness (QED) is 0.896. The van der Waals surface area contributed by atoms with Crippen LogP contribution in [0.25, 0.3) is 0 Å². The van der Waals surface area contributed by atoms with Crippen LogP contribution >= 0.6 is 11.6 Å². The van der Waals surface area contributed by atoms with Crippen molar-refractivity contribution in [1.82, 2.24) is 10.6 Å². The van der Waals surface area contributed by atoms with Crippen molar-refractivity contribution in [3.05, 3.63) is 28.8 Å². The van der Waals surface area contributed by atoms with Crippen molar-refractivity contribution >= 4 is 17.5 Å². The minimum atomic E-state index is -0.516. The third kappa shape index (κ3) is 4.12. The zero-order valence-corrected chi connectivity index (χ0v) is 12.7. The van der Waals surface area contributed by atoms with Gasteiger partial charge in [0.15, 0.2) is 6.10 Å². The van der Waals surface area contributed by atoms with Gasteiger partial charge in [-0.3, -0.25) is 4.79 Å². The second-order valence-corrected chi connectivity index (χ2v) is 5.63. The molecule has 1 aromatic carbocycles. The van der Waals surface area contributed by atoms with Crippen molar-refractivity contribution in [2.24, 2.45) is 0 Å². The Balaban J connectivity index is 1.88. The van der Waals surface area contributed by atoms with E-state index in [0.717, 1.165) is 31.5 Å². The Morgan fingerprint density at radius 3 is 3.00 bits per heavy atom. The first-order valence-corrected chi connectivity index (χ1v) is 7.38. The Morgan fingerprint density at radius 2 is 2.35 bits per heavy atom. The minimum absolute atomic E-state index is 0.0775. The molecule has 0 aromatic heterocycles. The Labute approximate surface area is 124 Å². The van der Waals surface area contributed by atoms with Gasteiger partial charge in [-0.25, -0.2) is 0 Å². The predicted molar refractivity (Wildman–Crippen MR) is 80.3 cm³/mol. The van der Waals surface area contributed by atoms with Crippen LogP contribution in [0.3, 0.4) is 0 Å². The highest BCUT2D eigenvalue weighted by atomic mass is 35.5. The average Bonchev–Trinajstić information content (AvgIpc) is 2.44. The van der Waals surface area contributed by atoms with Gasteiger partial charge in [-0.2, -0.15) is 0 Å². The SMILES string of the molecule is Cc1cc(OC(C)C(=O)NC2CCCNC2)ccc1Cl.